The Balaban J connectivity index is 1.83. The molecule has 0 spiro atoms. The quantitative estimate of drug-likeness (QED) is 0.548. The first kappa shape index (κ1) is 22.6. The minimum absolute atomic E-state index is 0.173. The van der Waals surface area contributed by atoms with Crippen molar-refractivity contribution >= 4 is 5.91 Å². The highest BCUT2D eigenvalue weighted by Crippen LogP contribution is 2.30. The number of aromatic nitrogens is 1. The van der Waals surface area contributed by atoms with Gasteiger partial charge in [-0.3, -0.25) is 9.69 Å². The lowest BCUT2D eigenvalue weighted by atomic mass is 10.1. The van der Waals surface area contributed by atoms with Crippen LogP contribution >= 0.6 is 0 Å². The van der Waals surface area contributed by atoms with E-state index in [4.69, 9.17) is 4.42 Å². The van der Waals surface area contributed by atoms with Crippen LogP contribution in [-0.2, 0) is 25.8 Å². The molecular weight excluding hydrogens is 407 g/mol. The van der Waals surface area contributed by atoms with Crippen molar-refractivity contribution in [3.63, 3.8) is 0 Å². The van der Waals surface area contributed by atoms with E-state index >= 15 is 0 Å². The summed E-state index contributed by atoms with van der Waals surface area (Å²) >= 11 is 0. The molecular formula is C23H24F3N3O2. The van der Waals surface area contributed by atoms with Crippen molar-refractivity contribution in [2.24, 2.45) is 0 Å². The van der Waals surface area contributed by atoms with Crippen LogP contribution in [0, 0.1) is 6.92 Å². The van der Waals surface area contributed by atoms with Gasteiger partial charge >= 0.3 is 6.18 Å². The number of carbonyl (C=O) groups is 1. The predicted octanol–water partition coefficient (Wildman–Crippen LogP) is 4.95. The van der Waals surface area contributed by atoms with Crippen LogP contribution in [0.2, 0.25) is 0 Å². The minimum atomic E-state index is -4.40. The van der Waals surface area contributed by atoms with E-state index in [-0.39, 0.29) is 24.7 Å². The topological polar surface area (TPSA) is 58.4 Å². The van der Waals surface area contributed by atoms with Gasteiger partial charge in [-0.05, 0) is 36.6 Å². The van der Waals surface area contributed by atoms with Crippen LogP contribution in [0.3, 0.4) is 0 Å². The Bertz CT molecular complexity index is 1030. The van der Waals surface area contributed by atoms with Gasteiger partial charge in [-0.25, -0.2) is 4.98 Å². The van der Waals surface area contributed by atoms with Crippen LogP contribution in [0.1, 0.15) is 45.6 Å². The fourth-order valence-corrected chi connectivity index (χ4v) is 3.23. The number of aryl methyl sites for hydroxylation is 1. The standard InChI is InChI=1S/C23H24F3N3O2/c1-3-27-22(30)20-15-31-21(28-20)14-29(13-18-9-5-4-7-16(18)2)12-17-8-6-10-19(11-17)23(24,25)26/h4-11,15H,3,12-14H2,1-2H3,(H,27,30). The first-order valence-corrected chi connectivity index (χ1v) is 9.92. The fraction of sp³-hybridized carbons (Fsp3) is 0.304. The summed E-state index contributed by atoms with van der Waals surface area (Å²) in [4.78, 5) is 18.1. The van der Waals surface area contributed by atoms with Gasteiger partial charge in [0.2, 0.25) is 5.89 Å². The van der Waals surface area contributed by atoms with E-state index < -0.39 is 11.7 Å². The van der Waals surface area contributed by atoms with Gasteiger partial charge in [-0.1, -0.05) is 42.5 Å². The van der Waals surface area contributed by atoms with Crippen molar-refractivity contribution in [3.8, 4) is 0 Å². The van der Waals surface area contributed by atoms with Crippen molar-refractivity contribution in [1.29, 1.82) is 0 Å². The van der Waals surface area contributed by atoms with Crippen molar-refractivity contribution < 1.29 is 22.4 Å². The SMILES string of the molecule is CCNC(=O)c1coc(CN(Cc2cccc(C(F)(F)F)c2)Cc2ccccc2C)n1. The molecule has 0 fully saturated rings. The van der Waals surface area contributed by atoms with Crippen LogP contribution in [0.4, 0.5) is 13.2 Å². The van der Waals surface area contributed by atoms with Gasteiger partial charge in [0.05, 0.1) is 12.1 Å². The molecule has 0 aliphatic rings. The van der Waals surface area contributed by atoms with Crippen molar-refractivity contribution in [2.75, 3.05) is 6.54 Å². The zero-order valence-electron chi connectivity index (χ0n) is 17.4. The number of alkyl halides is 3. The number of rotatable bonds is 8. The summed E-state index contributed by atoms with van der Waals surface area (Å²) in [7, 11) is 0. The molecule has 1 N–H and O–H groups in total. The van der Waals surface area contributed by atoms with Crippen molar-refractivity contribution in [3.05, 3.63) is 88.6 Å². The number of halogens is 3. The van der Waals surface area contributed by atoms with Gasteiger partial charge in [-0.15, -0.1) is 0 Å². The molecule has 0 radical (unpaired) electrons. The summed E-state index contributed by atoms with van der Waals surface area (Å²) in [6.07, 6.45) is -3.11. The van der Waals surface area contributed by atoms with Crippen LogP contribution in [0.5, 0.6) is 0 Å². The van der Waals surface area contributed by atoms with E-state index in [0.29, 0.717) is 24.5 Å². The Morgan fingerprint density at radius 1 is 1.10 bits per heavy atom. The maximum Gasteiger partial charge on any atom is 0.416 e. The highest BCUT2D eigenvalue weighted by molar-refractivity contribution is 5.91. The number of nitrogens with zero attached hydrogens (tertiary/aromatic N) is 2. The lowest BCUT2D eigenvalue weighted by Crippen LogP contribution is -2.24. The molecule has 5 nitrogen and oxygen atoms in total. The molecule has 0 saturated heterocycles. The van der Waals surface area contributed by atoms with Gasteiger partial charge in [-0.2, -0.15) is 13.2 Å². The van der Waals surface area contributed by atoms with E-state index in [1.54, 1.807) is 13.0 Å². The smallest absolute Gasteiger partial charge is 0.416 e. The van der Waals surface area contributed by atoms with Gasteiger partial charge < -0.3 is 9.73 Å². The number of nitrogens with one attached hydrogen (secondary N) is 1. The number of hydrogen-bond acceptors (Lipinski definition) is 4. The van der Waals surface area contributed by atoms with Crippen LogP contribution in [0.25, 0.3) is 0 Å². The lowest BCUT2D eigenvalue weighted by molar-refractivity contribution is -0.137. The highest BCUT2D eigenvalue weighted by Gasteiger charge is 2.30. The fourth-order valence-electron chi connectivity index (χ4n) is 3.23. The van der Waals surface area contributed by atoms with Gasteiger partial charge in [0.15, 0.2) is 5.69 Å². The number of hydrogen-bond donors (Lipinski definition) is 1. The molecule has 0 atom stereocenters. The molecule has 1 amide bonds. The summed E-state index contributed by atoms with van der Waals surface area (Å²) < 4.78 is 44.8. The van der Waals surface area contributed by atoms with E-state index in [1.165, 1.54) is 12.3 Å². The molecule has 0 unspecified atom stereocenters. The van der Waals surface area contributed by atoms with Gasteiger partial charge in [0, 0.05) is 19.6 Å². The summed E-state index contributed by atoms with van der Waals surface area (Å²) in [5.74, 6) is -0.0114. The number of oxazole rings is 1. The molecule has 0 aliphatic carbocycles. The Morgan fingerprint density at radius 3 is 2.58 bits per heavy atom. The third-order valence-electron chi connectivity index (χ3n) is 4.80. The Morgan fingerprint density at radius 2 is 1.87 bits per heavy atom. The summed E-state index contributed by atoms with van der Waals surface area (Å²) in [6, 6.07) is 13.1. The van der Waals surface area contributed by atoms with Crippen molar-refractivity contribution in [2.45, 2.75) is 39.7 Å². The van der Waals surface area contributed by atoms with E-state index in [9.17, 15) is 18.0 Å². The molecule has 1 aromatic heterocycles. The minimum Gasteiger partial charge on any atom is -0.447 e. The summed E-state index contributed by atoms with van der Waals surface area (Å²) in [5, 5.41) is 2.65. The third kappa shape index (κ3) is 6.18. The zero-order valence-corrected chi connectivity index (χ0v) is 17.4. The average Bonchev–Trinajstić information content (AvgIpc) is 3.18. The maximum absolute atomic E-state index is 13.1. The first-order valence-electron chi connectivity index (χ1n) is 9.92. The first-order chi connectivity index (χ1) is 14.8. The molecule has 0 saturated carbocycles. The van der Waals surface area contributed by atoms with Crippen LogP contribution in [0.15, 0.2) is 59.2 Å². The van der Waals surface area contributed by atoms with Crippen LogP contribution in [-0.4, -0.2) is 22.3 Å². The third-order valence-corrected chi connectivity index (χ3v) is 4.80. The molecule has 2 aromatic carbocycles. The van der Waals surface area contributed by atoms with Gasteiger partial charge in [0.1, 0.15) is 6.26 Å². The molecule has 3 aromatic rings. The summed E-state index contributed by atoms with van der Waals surface area (Å²) in [5.41, 5.74) is 2.14. The lowest BCUT2D eigenvalue weighted by Gasteiger charge is -2.22. The Hall–Kier alpha value is -3.13. The van der Waals surface area contributed by atoms with Gasteiger partial charge in [0.25, 0.3) is 5.91 Å². The molecule has 0 bridgehead atoms. The second kappa shape index (κ2) is 9.78. The molecule has 164 valence electrons. The van der Waals surface area contributed by atoms with E-state index in [0.717, 1.165) is 23.3 Å². The average molecular weight is 431 g/mol. The molecule has 8 heteroatoms. The second-order valence-electron chi connectivity index (χ2n) is 7.26. The largest absolute Gasteiger partial charge is 0.447 e. The predicted molar refractivity (Wildman–Crippen MR) is 110 cm³/mol. The van der Waals surface area contributed by atoms with E-state index in [2.05, 4.69) is 10.3 Å². The highest BCUT2D eigenvalue weighted by atomic mass is 19.4. The van der Waals surface area contributed by atoms with Crippen molar-refractivity contribution in [1.82, 2.24) is 15.2 Å². The molecule has 3 rings (SSSR count). The molecule has 31 heavy (non-hydrogen) atoms. The molecule has 1 heterocycles. The maximum atomic E-state index is 13.1. The second-order valence-corrected chi connectivity index (χ2v) is 7.26. The Labute approximate surface area is 178 Å². The van der Waals surface area contributed by atoms with E-state index in [1.807, 2.05) is 36.1 Å². The number of benzene rings is 2. The van der Waals surface area contributed by atoms with Crippen LogP contribution < -0.4 is 5.32 Å². The zero-order chi connectivity index (χ0) is 22.4. The number of amides is 1. The number of carbonyl (C=O) groups excluding carboxylic acids is 1. The normalized spacial score (nSPS) is 11.7. The monoisotopic (exact) mass is 431 g/mol. The molecule has 0 aliphatic heterocycles. The summed E-state index contributed by atoms with van der Waals surface area (Å²) in [6.45, 7) is 5.24. The Kier molecular flexibility index (Phi) is 7.12.